The van der Waals surface area contributed by atoms with Crippen LogP contribution in [0.4, 0.5) is 0 Å². The van der Waals surface area contributed by atoms with Crippen LogP contribution in [0.25, 0.3) is 10.4 Å². The molecule has 1 aromatic heterocycles. The Morgan fingerprint density at radius 1 is 0.527 bits per heavy atom. The molecule has 2 fully saturated rings. The number of aliphatic carboxylic acids is 1. The molecule has 2 saturated heterocycles. The Balaban J connectivity index is 0.000000394. The van der Waals surface area contributed by atoms with E-state index in [0.29, 0.717) is 12.4 Å². The number of hydrogen-bond donors (Lipinski definition) is 7. The number of carboxylic acid groups (broad SMARTS) is 1. The lowest BCUT2D eigenvalue weighted by molar-refractivity contribution is -0.144. The van der Waals surface area contributed by atoms with Gasteiger partial charge in [0.05, 0.1) is 51.7 Å². The van der Waals surface area contributed by atoms with Crippen LogP contribution in [0.3, 0.4) is 0 Å². The van der Waals surface area contributed by atoms with E-state index in [1.165, 1.54) is 59.5 Å². The van der Waals surface area contributed by atoms with Crippen LogP contribution < -0.4 is 56.1 Å². The standard InChI is InChI=1S/C15H16O3P2S4.C15H16O2P2S4.C9H6S3.2C6H11NO3S.C6H11NO2S.C2H6/c1-16-11-18-13-5-9-15(10-6-13)20(22)23-19(21,24-20)14-7-3-12(17-2)4-8-14;1-3-17-13-6-10-15(11-7-13)19(21)22-18(20,23-19)14-8-4-12(16-2)5-9-14;10-9-6-8(11-12-9)7-4-2-1-3-5-7;1-4(8)7-5(3-11)6(9)10-2;1-2-5(8)7-4(3-11)6(9)10;1-4(8)6(3-10)7-5(2)9;1-2/h3-10H,11H2,1-2H3;4-11H,3H2,1-2H3;1-6H;5,11H,3H2,1-2H3,(H,7,8);4,11H,2-3H2,1H3,(H,7,8)(H,9,10);6,10H,3H2,1-2H3,(H,7,9);1-2H3. The number of rotatable bonds is 22. The van der Waals surface area contributed by atoms with Crippen molar-refractivity contribution in [1.82, 2.24) is 16.0 Å². The number of carbonyl (C=O) groups excluding carboxylic acids is 5. The Bertz CT molecular complexity index is 3550. The third kappa shape index (κ3) is 29.9. The van der Waals surface area contributed by atoms with Crippen LogP contribution in [0.5, 0.6) is 23.0 Å². The van der Waals surface area contributed by atoms with Gasteiger partial charge < -0.3 is 49.5 Å². The maximum atomic E-state index is 10.8. The van der Waals surface area contributed by atoms with Gasteiger partial charge in [0.1, 0.15) is 38.9 Å². The van der Waals surface area contributed by atoms with Crippen molar-refractivity contribution in [2.45, 2.75) is 73.0 Å². The Morgan fingerprint density at radius 3 is 1.18 bits per heavy atom. The average molecular weight is 1610 g/mol. The highest BCUT2D eigenvalue weighted by Crippen LogP contribution is 3.04. The number of hydrogen-bond acceptors (Lipinski definition) is 26. The number of ether oxygens (including phenoxy) is 6. The molecule has 34 heteroatoms. The molecule has 16 nitrogen and oxygen atoms in total. The molecule has 4 N–H and O–H groups in total. The first kappa shape index (κ1) is 86.7. The molecule has 3 heterocycles. The second-order valence-electron chi connectivity index (χ2n) is 18.0. The van der Waals surface area contributed by atoms with Crippen LogP contribution >= 0.6 is 133 Å². The molecule has 0 bridgehead atoms. The third-order valence-electron chi connectivity index (χ3n) is 11.4. The largest absolute Gasteiger partial charge is 0.497 e. The third-order valence-corrected chi connectivity index (χ3v) is 77.8. The van der Waals surface area contributed by atoms with Gasteiger partial charge in [0, 0.05) is 70.7 Å². The van der Waals surface area contributed by atoms with Crippen LogP contribution in [-0.2, 0) is 85.5 Å². The molecular weight excluding hydrogens is 1530 g/mol. The van der Waals surface area contributed by atoms with Crippen LogP contribution in [0.15, 0.2) is 133 Å². The number of amides is 3. The van der Waals surface area contributed by atoms with E-state index in [0.717, 1.165) is 26.8 Å². The van der Waals surface area contributed by atoms with Crippen molar-refractivity contribution >= 4 is 236 Å². The summed E-state index contributed by atoms with van der Waals surface area (Å²) < 4.78 is 24.9. The van der Waals surface area contributed by atoms with E-state index < -0.39 is 47.8 Å². The smallest absolute Gasteiger partial charge is 0.329 e. The maximum Gasteiger partial charge on any atom is 0.329 e. The van der Waals surface area contributed by atoms with Crippen LogP contribution in [0.2, 0.25) is 0 Å². The van der Waals surface area contributed by atoms with Gasteiger partial charge in [-0.3, -0.25) is 19.2 Å². The Hall–Kier alpha value is -2.40. The number of carbonyl (C=O) groups is 6. The Morgan fingerprint density at radius 2 is 0.903 bits per heavy atom. The summed E-state index contributed by atoms with van der Waals surface area (Å²) in [7, 11) is 9.60. The minimum atomic E-state index is -1.70. The molecule has 3 unspecified atom stereocenters. The lowest BCUT2D eigenvalue weighted by atomic mass is 10.2. The van der Waals surface area contributed by atoms with E-state index >= 15 is 0 Å². The molecule has 3 amide bonds. The first-order chi connectivity index (χ1) is 44.1. The summed E-state index contributed by atoms with van der Waals surface area (Å²) in [6.45, 7) is 12.7. The summed E-state index contributed by atoms with van der Waals surface area (Å²) in [6, 6.07) is 42.8. The highest BCUT2D eigenvalue weighted by atomic mass is 33.7. The molecule has 2 aliphatic rings. The maximum absolute atomic E-state index is 10.8. The Kier molecular flexibility index (Phi) is 42.2. The van der Waals surface area contributed by atoms with E-state index in [2.05, 4.69) is 125 Å². The SMILES string of the molecule is CC.CC(=O)NC(CS)C(C)=O.CCC(=O)NC(CS)C(=O)O.CCOc1ccc(P2(=S)SP(=S)(c3ccc(OC)cc3)S2)cc1.COC(=O)C(CS)NC(C)=O.COCOc1ccc(P2(=S)SP(=S)(c3ccc(OC)cc3)S2)cc1.S=c1cc(-c2ccccc2)ss1. The summed E-state index contributed by atoms with van der Waals surface area (Å²) in [5.74, 6) is 1.76. The first-order valence-corrected chi connectivity index (χ1v) is 51.6. The average Bonchev–Trinajstić information content (AvgIpc) is 1.03. The molecule has 8 rings (SSSR count). The van der Waals surface area contributed by atoms with Gasteiger partial charge in [-0.2, -0.15) is 37.9 Å². The normalized spacial score (nSPS) is 18.7. The molecule has 93 heavy (non-hydrogen) atoms. The number of nitrogens with one attached hydrogen (secondary N) is 3. The zero-order valence-electron chi connectivity index (χ0n) is 52.6. The highest BCUT2D eigenvalue weighted by Gasteiger charge is 2.47. The predicted octanol–water partition coefficient (Wildman–Crippen LogP) is 14.6. The van der Waals surface area contributed by atoms with Crippen molar-refractivity contribution in [3.05, 3.63) is 137 Å². The number of benzene rings is 5. The molecule has 3 atom stereocenters. The summed E-state index contributed by atoms with van der Waals surface area (Å²) in [4.78, 5) is 64.6. The van der Waals surface area contributed by atoms with Gasteiger partial charge in [-0.25, -0.2) is 9.59 Å². The van der Waals surface area contributed by atoms with Gasteiger partial charge in [0.25, 0.3) is 0 Å². The molecular formula is C59H77N3O13P4S14. The van der Waals surface area contributed by atoms with E-state index in [1.807, 2.05) is 132 Å². The molecule has 0 radical (unpaired) electrons. The van der Waals surface area contributed by atoms with Crippen molar-refractivity contribution in [2.75, 3.05) is 59.1 Å². The van der Waals surface area contributed by atoms with Crippen molar-refractivity contribution < 1.29 is 62.3 Å². The molecule has 510 valence electrons. The van der Waals surface area contributed by atoms with Crippen molar-refractivity contribution in [1.29, 1.82) is 0 Å². The Labute approximate surface area is 611 Å². The van der Waals surface area contributed by atoms with E-state index in [-0.39, 0.29) is 48.2 Å². The summed E-state index contributed by atoms with van der Waals surface area (Å²) >= 11 is 47.7. The number of methoxy groups -OCH3 is 4. The van der Waals surface area contributed by atoms with Crippen LogP contribution in [-0.4, -0.2) is 118 Å². The molecule has 2 aliphatic heterocycles. The van der Waals surface area contributed by atoms with Gasteiger partial charge in [0.2, 0.25) is 17.7 Å². The fourth-order valence-corrected chi connectivity index (χ4v) is 94.6. The number of Topliss-reactive ketones (excluding diaryl/α,β-unsaturated/α-hetero) is 1. The van der Waals surface area contributed by atoms with Crippen molar-refractivity contribution in [3.8, 4) is 33.4 Å². The quantitative estimate of drug-likeness (QED) is 0.00840. The fourth-order valence-electron chi connectivity index (χ4n) is 6.77. The number of carboxylic acids is 1. The van der Waals surface area contributed by atoms with E-state index in [1.54, 1.807) is 48.9 Å². The predicted molar refractivity (Wildman–Crippen MR) is 428 cm³/mol. The topological polar surface area (TPSA) is 214 Å². The summed E-state index contributed by atoms with van der Waals surface area (Å²) in [6.07, 6.45) is 0.289. The second-order valence-corrected chi connectivity index (χ2v) is 64.6. The van der Waals surface area contributed by atoms with Crippen molar-refractivity contribution in [3.63, 3.8) is 0 Å². The fraction of sp³-hybridized carbons (Fsp3) is 0.339. The minimum absolute atomic E-state index is 0.0646. The lowest BCUT2D eigenvalue weighted by Crippen LogP contribution is -2.41. The lowest BCUT2D eigenvalue weighted by Gasteiger charge is -2.40. The second kappa shape index (κ2) is 45.3. The van der Waals surface area contributed by atoms with Gasteiger partial charge in [-0.1, -0.05) is 175 Å². The summed E-state index contributed by atoms with van der Waals surface area (Å²) in [5.41, 5.74) is 1.26. The van der Waals surface area contributed by atoms with Gasteiger partial charge in [0.15, 0.2) is 12.6 Å². The zero-order valence-corrected chi connectivity index (χ0v) is 67.9. The number of esters is 1. The zero-order chi connectivity index (χ0) is 70.0. The van der Waals surface area contributed by atoms with E-state index in [9.17, 15) is 28.8 Å². The van der Waals surface area contributed by atoms with Gasteiger partial charge >= 0.3 is 11.9 Å². The van der Waals surface area contributed by atoms with Gasteiger partial charge in [-0.05, 0) is 123 Å². The molecule has 0 saturated carbocycles. The van der Waals surface area contributed by atoms with Crippen molar-refractivity contribution in [2.24, 2.45) is 0 Å². The monoisotopic (exact) mass is 1610 g/mol. The molecule has 0 spiro atoms. The molecule has 0 aliphatic carbocycles. The number of thiol groups is 3. The van der Waals surface area contributed by atoms with Crippen LogP contribution in [0.1, 0.15) is 54.9 Å². The molecule has 6 aromatic rings. The first-order valence-electron chi connectivity index (χ1n) is 27.8. The van der Waals surface area contributed by atoms with Gasteiger partial charge in [-0.15, -0.1) is 0 Å². The van der Waals surface area contributed by atoms with Crippen LogP contribution in [0, 0.1) is 3.82 Å². The minimum Gasteiger partial charge on any atom is -0.497 e. The number of ketones is 1. The summed E-state index contributed by atoms with van der Waals surface area (Å²) in [5, 5.41) is 20.4. The highest BCUT2D eigenvalue weighted by molar-refractivity contribution is 9.48. The van der Waals surface area contributed by atoms with E-state index in [4.69, 9.17) is 88.2 Å². The molecule has 5 aromatic carbocycles.